The maximum atomic E-state index is 13.1. The standard InChI is InChI=1S/C20H23FN4O4S/c1-14(19(26)24-17-5-2-10-22-12-17)23-20(27)15-4-3-11-25(13-15)30(28,29)18-8-6-16(21)7-9-18/h2,5-10,12,14-15H,3-4,11,13H2,1H3,(H,23,27)(H,24,26)/t14-,15+/m1/s1. The first kappa shape index (κ1) is 21.8. The lowest BCUT2D eigenvalue weighted by Gasteiger charge is -2.31. The number of hydrogen-bond donors (Lipinski definition) is 2. The Hall–Kier alpha value is -2.85. The summed E-state index contributed by atoms with van der Waals surface area (Å²) in [5, 5.41) is 5.30. The summed E-state index contributed by atoms with van der Waals surface area (Å²) < 4.78 is 39.9. The van der Waals surface area contributed by atoms with E-state index in [1.165, 1.54) is 22.6 Å². The van der Waals surface area contributed by atoms with Gasteiger partial charge in [0.15, 0.2) is 0 Å². The molecule has 1 aliphatic heterocycles. The van der Waals surface area contributed by atoms with Crippen molar-refractivity contribution < 1.29 is 22.4 Å². The molecule has 1 aromatic heterocycles. The fourth-order valence-electron chi connectivity index (χ4n) is 3.21. The first-order valence-electron chi connectivity index (χ1n) is 9.54. The molecule has 2 heterocycles. The lowest BCUT2D eigenvalue weighted by atomic mass is 9.98. The van der Waals surface area contributed by atoms with E-state index in [0.717, 1.165) is 12.1 Å². The SMILES string of the molecule is C[C@@H](NC(=O)[C@H]1CCCN(S(=O)(=O)c2ccc(F)cc2)C1)C(=O)Nc1cccnc1. The van der Waals surface area contributed by atoms with Crippen LogP contribution in [0.5, 0.6) is 0 Å². The van der Waals surface area contributed by atoms with Crippen molar-refractivity contribution >= 4 is 27.5 Å². The van der Waals surface area contributed by atoms with E-state index in [1.54, 1.807) is 25.3 Å². The second-order valence-electron chi connectivity index (χ2n) is 7.12. The predicted octanol–water partition coefficient (Wildman–Crippen LogP) is 1.76. The van der Waals surface area contributed by atoms with Crippen molar-refractivity contribution in [2.75, 3.05) is 18.4 Å². The molecule has 2 amide bonds. The molecule has 1 aliphatic rings. The van der Waals surface area contributed by atoms with Crippen LogP contribution in [0.15, 0.2) is 53.7 Å². The molecule has 0 aliphatic carbocycles. The van der Waals surface area contributed by atoms with Gasteiger partial charge in [-0.3, -0.25) is 14.6 Å². The number of benzene rings is 1. The topological polar surface area (TPSA) is 108 Å². The fourth-order valence-corrected chi connectivity index (χ4v) is 4.74. The highest BCUT2D eigenvalue weighted by molar-refractivity contribution is 7.89. The van der Waals surface area contributed by atoms with Crippen LogP contribution in [-0.4, -0.2) is 48.7 Å². The third-order valence-corrected chi connectivity index (χ3v) is 6.77. The van der Waals surface area contributed by atoms with Gasteiger partial charge in [0.2, 0.25) is 21.8 Å². The zero-order chi connectivity index (χ0) is 21.7. The van der Waals surface area contributed by atoms with Gasteiger partial charge in [0.1, 0.15) is 11.9 Å². The normalized spacial score (nSPS) is 18.4. The Morgan fingerprint density at radius 1 is 1.23 bits per heavy atom. The van der Waals surface area contributed by atoms with Crippen LogP contribution in [0.2, 0.25) is 0 Å². The van der Waals surface area contributed by atoms with E-state index in [-0.39, 0.29) is 23.9 Å². The molecule has 2 N–H and O–H groups in total. The maximum Gasteiger partial charge on any atom is 0.246 e. The molecule has 1 aromatic carbocycles. The van der Waals surface area contributed by atoms with E-state index in [2.05, 4.69) is 15.6 Å². The van der Waals surface area contributed by atoms with Crippen LogP contribution >= 0.6 is 0 Å². The van der Waals surface area contributed by atoms with Gasteiger partial charge >= 0.3 is 0 Å². The summed E-state index contributed by atoms with van der Waals surface area (Å²) in [6.07, 6.45) is 4.09. The van der Waals surface area contributed by atoms with Gasteiger partial charge in [-0.25, -0.2) is 12.8 Å². The quantitative estimate of drug-likeness (QED) is 0.720. The van der Waals surface area contributed by atoms with Gasteiger partial charge in [0.25, 0.3) is 0 Å². The Balaban J connectivity index is 1.61. The second-order valence-corrected chi connectivity index (χ2v) is 9.06. The molecule has 0 spiro atoms. The number of anilines is 1. The number of rotatable bonds is 6. The number of nitrogens with one attached hydrogen (secondary N) is 2. The first-order valence-corrected chi connectivity index (χ1v) is 11.0. The number of hydrogen-bond acceptors (Lipinski definition) is 5. The van der Waals surface area contributed by atoms with Gasteiger partial charge in [-0.05, 0) is 56.2 Å². The molecule has 2 atom stereocenters. The monoisotopic (exact) mass is 434 g/mol. The summed E-state index contributed by atoms with van der Waals surface area (Å²) in [5.74, 6) is -1.89. The highest BCUT2D eigenvalue weighted by atomic mass is 32.2. The Kier molecular flexibility index (Phi) is 6.78. The van der Waals surface area contributed by atoms with Crippen LogP contribution in [0.1, 0.15) is 19.8 Å². The number of amides is 2. The first-order chi connectivity index (χ1) is 14.3. The summed E-state index contributed by atoms with van der Waals surface area (Å²) in [5.41, 5.74) is 0.512. The molecular weight excluding hydrogens is 411 g/mol. The van der Waals surface area contributed by atoms with E-state index in [0.29, 0.717) is 18.5 Å². The van der Waals surface area contributed by atoms with Crippen LogP contribution < -0.4 is 10.6 Å². The van der Waals surface area contributed by atoms with Crippen molar-refractivity contribution in [3.8, 4) is 0 Å². The average Bonchev–Trinajstić information content (AvgIpc) is 2.74. The van der Waals surface area contributed by atoms with Crippen molar-refractivity contribution in [3.05, 3.63) is 54.6 Å². The predicted molar refractivity (Wildman–Crippen MR) is 108 cm³/mol. The molecule has 0 bridgehead atoms. The summed E-state index contributed by atoms with van der Waals surface area (Å²) in [6, 6.07) is 7.14. The summed E-state index contributed by atoms with van der Waals surface area (Å²) in [6.45, 7) is 1.84. The summed E-state index contributed by atoms with van der Waals surface area (Å²) in [7, 11) is -3.83. The molecule has 1 saturated heterocycles. The number of aromatic nitrogens is 1. The van der Waals surface area contributed by atoms with Crippen LogP contribution in [0.4, 0.5) is 10.1 Å². The number of nitrogens with zero attached hydrogens (tertiary/aromatic N) is 2. The molecule has 0 saturated carbocycles. The molecule has 0 radical (unpaired) electrons. The molecule has 1 fully saturated rings. The maximum absolute atomic E-state index is 13.1. The van der Waals surface area contributed by atoms with Gasteiger partial charge in [-0.15, -0.1) is 0 Å². The largest absolute Gasteiger partial charge is 0.344 e. The van der Waals surface area contributed by atoms with Gasteiger partial charge in [0, 0.05) is 19.3 Å². The lowest BCUT2D eigenvalue weighted by Crippen LogP contribution is -2.49. The molecule has 160 valence electrons. The fraction of sp³-hybridized carbons (Fsp3) is 0.350. The molecule has 10 heteroatoms. The molecule has 2 aromatic rings. The van der Waals surface area contributed by atoms with Gasteiger partial charge < -0.3 is 10.6 Å². The molecule has 0 unspecified atom stereocenters. The number of sulfonamides is 1. The van der Waals surface area contributed by atoms with Crippen LogP contribution in [0, 0.1) is 11.7 Å². The average molecular weight is 434 g/mol. The van der Waals surface area contributed by atoms with E-state index in [1.807, 2.05) is 0 Å². The van der Waals surface area contributed by atoms with Crippen LogP contribution in [0.25, 0.3) is 0 Å². The molecule has 30 heavy (non-hydrogen) atoms. The van der Waals surface area contributed by atoms with Gasteiger partial charge in [0.05, 0.1) is 22.7 Å². The second kappa shape index (κ2) is 9.31. The smallest absolute Gasteiger partial charge is 0.246 e. The number of halogens is 1. The number of pyridine rings is 1. The Morgan fingerprint density at radius 3 is 2.63 bits per heavy atom. The Morgan fingerprint density at radius 2 is 1.97 bits per heavy atom. The van der Waals surface area contributed by atoms with E-state index in [9.17, 15) is 22.4 Å². The number of carbonyl (C=O) groups excluding carboxylic acids is 2. The zero-order valence-corrected chi connectivity index (χ0v) is 17.2. The van der Waals surface area contributed by atoms with Gasteiger partial charge in [-0.1, -0.05) is 0 Å². The third kappa shape index (κ3) is 5.19. The Bertz CT molecular complexity index is 999. The van der Waals surface area contributed by atoms with Crippen molar-refractivity contribution in [1.82, 2.24) is 14.6 Å². The molecule has 3 rings (SSSR count). The van der Waals surface area contributed by atoms with Crippen molar-refractivity contribution in [1.29, 1.82) is 0 Å². The minimum absolute atomic E-state index is 0.00247. The van der Waals surface area contributed by atoms with Crippen molar-refractivity contribution in [3.63, 3.8) is 0 Å². The highest BCUT2D eigenvalue weighted by Gasteiger charge is 2.34. The number of carbonyl (C=O) groups is 2. The highest BCUT2D eigenvalue weighted by Crippen LogP contribution is 2.24. The van der Waals surface area contributed by atoms with E-state index >= 15 is 0 Å². The van der Waals surface area contributed by atoms with E-state index < -0.39 is 33.7 Å². The van der Waals surface area contributed by atoms with Crippen molar-refractivity contribution in [2.24, 2.45) is 5.92 Å². The van der Waals surface area contributed by atoms with E-state index in [4.69, 9.17) is 0 Å². The third-order valence-electron chi connectivity index (χ3n) is 4.89. The molecule has 8 nitrogen and oxygen atoms in total. The van der Waals surface area contributed by atoms with Crippen molar-refractivity contribution in [2.45, 2.75) is 30.7 Å². The van der Waals surface area contributed by atoms with Crippen LogP contribution in [0.3, 0.4) is 0 Å². The van der Waals surface area contributed by atoms with Crippen LogP contribution in [-0.2, 0) is 19.6 Å². The molecular formula is C20H23FN4O4S. The summed E-state index contributed by atoms with van der Waals surface area (Å²) in [4.78, 5) is 28.8. The van der Waals surface area contributed by atoms with Gasteiger partial charge in [-0.2, -0.15) is 4.31 Å². The zero-order valence-electron chi connectivity index (χ0n) is 16.4. The number of piperidine rings is 1. The summed E-state index contributed by atoms with van der Waals surface area (Å²) >= 11 is 0. The lowest BCUT2D eigenvalue weighted by molar-refractivity contribution is -0.129. The minimum atomic E-state index is -3.83. The Labute approximate surface area is 174 Å². The minimum Gasteiger partial charge on any atom is -0.344 e.